The number of nitrogens with one attached hydrogen (secondary N) is 2. The van der Waals surface area contributed by atoms with Crippen LogP contribution in [0.2, 0.25) is 0 Å². The van der Waals surface area contributed by atoms with Gasteiger partial charge in [0, 0.05) is 94.6 Å². The Hall–Kier alpha value is -4.58. The number of H-pyrrole nitrogens is 2. The van der Waals surface area contributed by atoms with Gasteiger partial charge in [-0.3, -0.25) is 28.7 Å². The van der Waals surface area contributed by atoms with Crippen LogP contribution in [0.3, 0.4) is 0 Å². The Balaban J connectivity index is 0.797. The molecule has 55 heavy (non-hydrogen) atoms. The topological polar surface area (TPSA) is 147 Å². The number of benzene rings is 2. The molecule has 3 saturated heterocycles. The molecule has 0 radical (unpaired) electrons. The summed E-state index contributed by atoms with van der Waals surface area (Å²) in [5, 5.41) is 5.34. The van der Waals surface area contributed by atoms with E-state index in [-0.39, 0.29) is 17.0 Å². The van der Waals surface area contributed by atoms with Gasteiger partial charge in [-0.1, -0.05) is 0 Å². The first-order chi connectivity index (χ1) is 26.7. The van der Waals surface area contributed by atoms with E-state index in [2.05, 4.69) is 34.8 Å². The molecular formula is C38H45F2N9O5S. The second kappa shape index (κ2) is 16.3. The number of aromatic nitrogens is 6. The molecule has 0 aliphatic carbocycles. The summed E-state index contributed by atoms with van der Waals surface area (Å²) in [6.45, 7) is 8.73. The summed E-state index contributed by atoms with van der Waals surface area (Å²) in [4.78, 5) is 53.1. The van der Waals surface area contributed by atoms with Crippen molar-refractivity contribution in [2.75, 3.05) is 77.1 Å². The quantitative estimate of drug-likeness (QED) is 0.204. The number of likely N-dealkylation sites (tertiary alicyclic amines) is 1. The maximum absolute atomic E-state index is 15.5. The van der Waals surface area contributed by atoms with E-state index in [9.17, 15) is 14.4 Å². The van der Waals surface area contributed by atoms with E-state index in [4.69, 9.17) is 9.47 Å². The molecule has 3 aromatic heterocycles. The summed E-state index contributed by atoms with van der Waals surface area (Å²) in [5.74, 6) is 1.07. The lowest BCUT2D eigenvalue weighted by atomic mass is 9.98. The molecule has 0 spiro atoms. The standard InChI is InChI=1S/C38H45F2N9O5S/c1-45-31-21-32(28(39)20-27(31)36(44-45)49-9-4-34(50)43-38(49)52)48-14-12-47(13-15-48)11-10-46-7-2-24(3-8-46)22-54-25-18-29(40)35-30(19-25)41-33(42-37(35)51)23-55-26-5-16-53-17-6-26/h4,9,18-21,24,26H,2-3,5-8,10-17,22-23H2,1H3,(H,41,42,51)(H,43,50,52). The number of nitrogens with zero attached hydrogens (tertiary/aromatic N) is 7. The van der Waals surface area contributed by atoms with Gasteiger partial charge in [-0.15, -0.1) is 0 Å². The van der Waals surface area contributed by atoms with E-state index < -0.39 is 22.6 Å². The molecule has 0 atom stereocenters. The normalized spacial score (nSPS) is 18.1. The zero-order valence-electron chi connectivity index (χ0n) is 30.8. The summed E-state index contributed by atoms with van der Waals surface area (Å²) in [7, 11) is 1.75. The summed E-state index contributed by atoms with van der Waals surface area (Å²) in [6, 6.07) is 7.38. The summed E-state index contributed by atoms with van der Waals surface area (Å²) in [6.07, 6.45) is 5.24. The Morgan fingerprint density at radius 3 is 2.40 bits per heavy atom. The van der Waals surface area contributed by atoms with Crippen molar-refractivity contribution in [1.82, 2.24) is 39.1 Å². The maximum Gasteiger partial charge on any atom is 0.334 e. The molecule has 5 aromatic rings. The SMILES string of the molecule is Cn1nc(-n2ccc(=O)[nH]c2=O)c2cc(F)c(N3CCN(CCN4CCC(COc5cc(F)c6c(=O)[nH]c(CSC7CCOCC7)nc6c5)CC4)CC3)cc21. The van der Waals surface area contributed by atoms with Crippen molar-refractivity contribution in [3.8, 4) is 11.6 Å². The Labute approximate surface area is 319 Å². The molecule has 17 heteroatoms. The lowest BCUT2D eigenvalue weighted by Gasteiger charge is -2.38. The Morgan fingerprint density at radius 1 is 0.909 bits per heavy atom. The molecule has 14 nitrogen and oxygen atoms in total. The summed E-state index contributed by atoms with van der Waals surface area (Å²) >= 11 is 1.74. The van der Waals surface area contributed by atoms with Crippen molar-refractivity contribution >= 4 is 39.3 Å². The molecule has 8 rings (SSSR count). The van der Waals surface area contributed by atoms with Crippen LogP contribution in [0.25, 0.3) is 27.6 Å². The fourth-order valence-corrected chi connectivity index (χ4v) is 8.83. The lowest BCUT2D eigenvalue weighted by Crippen LogP contribution is -2.49. The first-order valence-corrected chi connectivity index (χ1v) is 20.0. The van der Waals surface area contributed by atoms with E-state index in [0.717, 1.165) is 78.2 Å². The van der Waals surface area contributed by atoms with E-state index in [1.165, 1.54) is 29.0 Å². The van der Waals surface area contributed by atoms with Crippen LogP contribution in [0.15, 0.2) is 50.9 Å². The molecule has 0 bridgehead atoms. The average Bonchev–Trinajstić information content (AvgIpc) is 3.49. The third-order valence-corrected chi connectivity index (χ3v) is 12.4. The minimum Gasteiger partial charge on any atom is -0.493 e. The second-order valence-electron chi connectivity index (χ2n) is 14.6. The fourth-order valence-electron chi connectivity index (χ4n) is 7.78. The molecular weight excluding hydrogens is 733 g/mol. The smallest absolute Gasteiger partial charge is 0.334 e. The van der Waals surface area contributed by atoms with Crippen molar-refractivity contribution < 1.29 is 18.3 Å². The highest BCUT2D eigenvalue weighted by molar-refractivity contribution is 7.99. The number of thioether (sulfide) groups is 1. The molecule has 2 aromatic carbocycles. The van der Waals surface area contributed by atoms with Crippen molar-refractivity contribution in [2.45, 2.75) is 36.7 Å². The highest BCUT2D eigenvalue weighted by atomic mass is 32.2. The molecule has 292 valence electrons. The first kappa shape index (κ1) is 37.3. The van der Waals surface area contributed by atoms with E-state index in [0.29, 0.717) is 70.3 Å². The van der Waals surface area contributed by atoms with Crippen LogP contribution in [-0.4, -0.2) is 117 Å². The van der Waals surface area contributed by atoms with Gasteiger partial charge >= 0.3 is 5.69 Å². The average molecular weight is 778 g/mol. The van der Waals surface area contributed by atoms with E-state index in [1.807, 2.05) is 0 Å². The van der Waals surface area contributed by atoms with Crippen LogP contribution >= 0.6 is 11.8 Å². The van der Waals surface area contributed by atoms with Crippen molar-refractivity contribution in [3.63, 3.8) is 0 Å². The zero-order valence-corrected chi connectivity index (χ0v) is 31.6. The zero-order chi connectivity index (χ0) is 38.1. The monoisotopic (exact) mass is 777 g/mol. The molecule has 0 unspecified atom stereocenters. The number of ether oxygens (including phenoxy) is 2. The summed E-state index contributed by atoms with van der Waals surface area (Å²) < 4.78 is 44.9. The number of piperidine rings is 1. The molecule has 3 aliphatic heterocycles. The Kier molecular flexibility index (Phi) is 11.0. The van der Waals surface area contributed by atoms with Crippen LogP contribution in [-0.2, 0) is 17.5 Å². The van der Waals surface area contributed by atoms with E-state index in [1.54, 1.807) is 35.6 Å². The first-order valence-electron chi connectivity index (χ1n) is 18.9. The Bertz CT molecular complexity index is 2340. The number of aryl methyl sites for hydroxylation is 1. The third-order valence-electron chi connectivity index (χ3n) is 11.0. The number of halogens is 2. The number of anilines is 1. The van der Waals surface area contributed by atoms with Gasteiger partial charge in [0.25, 0.3) is 11.1 Å². The maximum atomic E-state index is 15.5. The predicted octanol–water partition coefficient (Wildman–Crippen LogP) is 3.25. The Morgan fingerprint density at radius 2 is 1.65 bits per heavy atom. The number of aromatic amines is 2. The van der Waals surface area contributed by atoms with Crippen LogP contribution in [0.4, 0.5) is 14.5 Å². The van der Waals surface area contributed by atoms with Gasteiger partial charge < -0.3 is 24.3 Å². The van der Waals surface area contributed by atoms with Gasteiger partial charge in [-0.25, -0.2) is 18.6 Å². The molecule has 6 heterocycles. The van der Waals surface area contributed by atoms with Crippen molar-refractivity contribution in [1.29, 1.82) is 0 Å². The van der Waals surface area contributed by atoms with Gasteiger partial charge in [0.15, 0.2) is 5.82 Å². The number of fused-ring (bicyclic) bond motifs is 2. The highest BCUT2D eigenvalue weighted by Crippen LogP contribution is 2.30. The van der Waals surface area contributed by atoms with Crippen molar-refractivity contribution in [2.24, 2.45) is 13.0 Å². The number of hydrogen-bond donors (Lipinski definition) is 2. The van der Waals surface area contributed by atoms with Crippen LogP contribution in [0, 0.1) is 17.6 Å². The van der Waals surface area contributed by atoms with Gasteiger partial charge in [-0.05, 0) is 56.8 Å². The molecule has 0 amide bonds. The highest BCUT2D eigenvalue weighted by Gasteiger charge is 2.25. The minimum absolute atomic E-state index is 0.0427. The summed E-state index contributed by atoms with van der Waals surface area (Å²) in [5.41, 5.74) is -0.118. The van der Waals surface area contributed by atoms with Gasteiger partial charge in [0.2, 0.25) is 0 Å². The number of hydrogen-bond acceptors (Lipinski definition) is 11. The van der Waals surface area contributed by atoms with Crippen molar-refractivity contribution in [3.05, 3.63) is 85.2 Å². The molecule has 0 saturated carbocycles. The van der Waals surface area contributed by atoms with Crippen LogP contribution < -0.4 is 26.4 Å². The number of piperazine rings is 1. The third kappa shape index (κ3) is 8.34. The largest absolute Gasteiger partial charge is 0.493 e. The second-order valence-corrected chi connectivity index (χ2v) is 15.9. The molecule has 3 aliphatic rings. The fraction of sp³-hybridized carbons (Fsp3) is 0.500. The van der Waals surface area contributed by atoms with E-state index >= 15 is 8.78 Å². The van der Waals surface area contributed by atoms with Gasteiger partial charge in [0.05, 0.1) is 29.1 Å². The van der Waals surface area contributed by atoms with Gasteiger partial charge in [-0.2, -0.15) is 16.9 Å². The minimum atomic E-state index is -0.635. The lowest BCUT2D eigenvalue weighted by molar-refractivity contribution is 0.1000. The predicted molar refractivity (Wildman–Crippen MR) is 208 cm³/mol. The molecule has 2 N–H and O–H groups in total. The molecule has 3 fully saturated rings. The number of rotatable bonds is 11. The van der Waals surface area contributed by atoms with Crippen LogP contribution in [0.5, 0.6) is 5.75 Å². The van der Waals surface area contributed by atoms with Gasteiger partial charge in [0.1, 0.15) is 28.6 Å². The van der Waals surface area contributed by atoms with Crippen LogP contribution in [0.1, 0.15) is 31.5 Å².